The van der Waals surface area contributed by atoms with Gasteiger partial charge in [-0.2, -0.15) is 0 Å². The van der Waals surface area contributed by atoms with Crippen LogP contribution in [0.5, 0.6) is 0 Å². The minimum absolute atomic E-state index is 0.0190. The monoisotopic (exact) mass is 491 g/mol. The van der Waals surface area contributed by atoms with E-state index in [9.17, 15) is 4.79 Å². The molecule has 1 fully saturated rings. The van der Waals surface area contributed by atoms with Crippen molar-refractivity contribution in [2.45, 2.75) is 56.0 Å². The lowest BCUT2D eigenvalue weighted by atomic mass is 9.65. The topological polar surface area (TPSA) is 39.3 Å². The number of nitrogens with zero attached hydrogens (tertiary/aromatic N) is 2. The summed E-state index contributed by atoms with van der Waals surface area (Å²) in [5.74, 6) is 0.283. The first-order valence-corrected chi connectivity index (χ1v) is 13.7. The number of aromatic amines is 1. The van der Waals surface area contributed by atoms with Crippen LogP contribution in [0.15, 0.2) is 84.9 Å². The lowest BCUT2D eigenvalue weighted by molar-refractivity contribution is -0.143. The molecule has 6 rings (SSSR count). The molecule has 1 aliphatic heterocycles. The molecule has 0 bridgehead atoms. The molecule has 1 aromatic heterocycles. The average molecular weight is 492 g/mol. The zero-order valence-electron chi connectivity index (χ0n) is 22.0. The van der Waals surface area contributed by atoms with Crippen LogP contribution in [0, 0.1) is 0 Å². The highest BCUT2D eigenvalue weighted by atomic mass is 16.2. The summed E-state index contributed by atoms with van der Waals surface area (Å²) in [4.78, 5) is 22.4. The third kappa shape index (κ3) is 3.99. The SMILES string of the molecule is CN(C)C1(c2ccccc2)CCC2(CC1)c1[nH]c3ccccc3c1CCN2C(=O)CCc1ccccc1. The van der Waals surface area contributed by atoms with E-state index in [4.69, 9.17) is 0 Å². The Bertz CT molecular complexity index is 1380. The van der Waals surface area contributed by atoms with E-state index in [1.165, 1.54) is 33.3 Å². The Hall–Kier alpha value is -3.37. The van der Waals surface area contributed by atoms with E-state index in [1.54, 1.807) is 0 Å². The quantitative estimate of drug-likeness (QED) is 0.350. The zero-order valence-corrected chi connectivity index (χ0v) is 22.0. The first-order valence-electron chi connectivity index (χ1n) is 13.7. The minimum Gasteiger partial charge on any atom is -0.356 e. The molecule has 3 aromatic carbocycles. The predicted octanol–water partition coefficient (Wildman–Crippen LogP) is 6.41. The van der Waals surface area contributed by atoms with Crippen LogP contribution in [-0.4, -0.2) is 41.3 Å². The van der Waals surface area contributed by atoms with Crippen LogP contribution in [0.2, 0.25) is 0 Å². The van der Waals surface area contributed by atoms with Crippen LogP contribution in [0.1, 0.15) is 54.5 Å². The third-order valence-electron chi connectivity index (χ3n) is 9.22. The molecular formula is C33H37N3O. The number of carbonyl (C=O) groups excluding carboxylic acids is 1. The number of aryl methyl sites for hydroxylation is 1. The molecule has 2 aliphatic rings. The van der Waals surface area contributed by atoms with Crippen molar-refractivity contribution in [3.05, 3.63) is 107 Å². The van der Waals surface area contributed by atoms with Gasteiger partial charge in [0.15, 0.2) is 0 Å². The van der Waals surface area contributed by atoms with E-state index >= 15 is 0 Å². The van der Waals surface area contributed by atoms with Crippen molar-refractivity contribution in [3.63, 3.8) is 0 Å². The number of fused-ring (bicyclic) bond motifs is 4. The van der Waals surface area contributed by atoms with E-state index < -0.39 is 0 Å². The number of hydrogen-bond donors (Lipinski definition) is 1. The summed E-state index contributed by atoms with van der Waals surface area (Å²) in [7, 11) is 4.42. The van der Waals surface area contributed by atoms with Crippen LogP contribution < -0.4 is 0 Å². The highest BCUT2D eigenvalue weighted by Crippen LogP contribution is 2.53. The number of hydrogen-bond acceptors (Lipinski definition) is 2. The molecule has 2 heterocycles. The standard InChI is InChI=1S/C33H37N3O/c1-35(2)32(26-13-7-4-8-14-26)20-22-33(23-21-32)31-28(27-15-9-10-16-29(27)34-31)19-24-36(33)30(37)18-17-25-11-5-3-6-12-25/h3-16,34H,17-24H2,1-2H3. The van der Waals surface area contributed by atoms with Crippen molar-refractivity contribution in [1.29, 1.82) is 0 Å². The van der Waals surface area contributed by atoms with E-state index in [2.05, 4.69) is 108 Å². The fourth-order valence-electron chi connectivity index (χ4n) is 7.16. The van der Waals surface area contributed by atoms with Crippen LogP contribution in [0.25, 0.3) is 10.9 Å². The average Bonchev–Trinajstić information content (AvgIpc) is 3.33. The normalized spacial score (nSPS) is 23.5. The second-order valence-electron chi connectivity index (χ2n) is 11.1. The molecule has 1 N–H and O–H groups in total. The Kier molecular flexibility index (Phi) is 6.16. The summed E-state index contributed by atoms with van der Waals surface area (Å²) < 4.78 is 0. The number of H-pyrrole nitrogens is 1. The van der Waals surface area contributed by atoms with Gasteiger partial charge >= 0.3 is 0 Å². The first kappa shape index (κ1) is 24.0. The van der Waals surface area contributed by atoms with E-state index in [0.717, 1.165) is 45.1 Å². The molecule has 4 nitrogen and oxygen atoms in total. The number of para-hydroxylation sites is 1. The van der Waals surface area contributed by atoms with Gasteiger partial charge < -0.3 is 9.88 Å². The van der Waals surface area contributed by atoms with Crippen molar-refractivity contribution in [2.75, 3.05) is 20.6 Å². The maximum Gasteiger partial charge on any atom is 0.223 e. The van der Waals surface area contributed by atoms with Crippen LogP contribution in [0.4, 0.5) is 0 Å². The lowest BCUT2D eigenvalue weighted by Gasteiger charge is -2.55. The second-order valence-corrected chi connectivity index (χ2v) is 11.1. The lowest BCUT2D eigenvalue weighted by Crippen LogP contribution is -2.58. The molecule has 0 saturated heterocycles. The summed E-state index contributed by atoms with van der Waals surface area (Å²) in [6.07, 6.45) is 6.20. The smallest absolute Gasteiger partial charge is 0.223 e. The van der Waals surface area contributed by atoms with Gasteiger partial charge in [0, 0.05) is 35.1 Å². The molecule has 37 heavy (non-hydrogen) atoms. The maximum absolute atomic E-state index is 13.9. The Morgan fingerprint density at radius 3 is 2.22 bits per heavy atom. The van der Waals surface area contributed by atoms with Crippen molar-refractivity contribution >= 4 is 16.8 Å². The number of nitrogens with one attached hydrogen (secondary N) is 1. The fourth-order valence-corrected chi connectivity index (χ4v) is 7.16. The molecule has 1 amide bonds. The predicted molar refractivity (Wildman–Crippen MR) is 150 cm³/mol. The highest BCUT2D eigenvalue weighted by Gasteiger charge is 2.52. The summed E-state index contributed by atoms with van der Waals surface area (Å²) in [6.45, 7) is 0.794. The Morgan fingerprint density at radius 1 is 0.865 bits per heavy atom. The van der Waals surface area contributed by atoms with Crippen LogP contribution >= 0.6 is 0 Å². The largest absolute Gasteiger partial charge is 0.356 e. The van der Waals surface area contributed by atoms with Gasteiger partial charge in [0.05, 0.1) is 5.54 Å². The van der Waals surface area contributed by atoms with Crippen molar-refractivity contribution in [1.82, 2.24) is 14.8 Å². The summed E-state index contributed by atoms with van der Waals surface area (Å²) in [5.41, 5.74) is 6.20. The number of rotatable bonds is 5. The maximum atomic E-state index is 13.9. The zero-order chi connectivity index (χ0) is 25.5. The van der Waals surface area contributed by atoms with E-state index in [-0.39, 0.29) is 17.0 Å². The molecule has 0 radical (unpaired) electrons. The summed E-state index contributed by atoms with van der Waals surface area (Å²) >= 11 is 0. The van der Waals surface area contributed by atoms with Gasteiger partial charge in [-0.1, -0.05) is 78.9 Å². The highest BCUT2D eigenvalue weighted by molar-refractivity contribution is 5.87. The molecule has 1 aliphatic carbocycles. The van der Waals surface area contributed by atoms with Gasteiger partial charge in [-0.05, 0) is 75.4 Å². The third-order valence-corrected chi connectivity index (χ3v) is 9.22. The molecule has 1 spiro atoms. The Labute approximate surface area is 220 Å². The van der Waals surface area contributed by atoms with Gasteiger partial charge in [0.1, 0.15) is 0 Å². The van der Waals surface area contributed by atoms with Crippen LogP contribution in [-0.2, 0) is 28.7 Å². The number of aromatic nitrogens is 1. The van der Waals surface area contributed by atoms with Gasteiger partial charge in [-0.15, -0.1) is 0 Å². The number of benzene rings is 3. The summed E-state index contributed by atoms with van der Waals surface area (Å²) in [5, 5.41) is 1.32. The fraction of sp³-hybridized carbons (Fsp3) is 0.364. The molecular weight excluding hydrogens is 454 g/mol. The minimum atomic E-state index is -0.283. The van der Waals surface area contributed by atoms with Gasteiger partial charge in [-0.25, -0.2) is 0 Å². The molecule has 0 atom stereocenters. The van der Waals surface area contributed by atoms with Crippen molar-refractivity contribution in [2.24, 2.45) is 0 Å². The number of carbonyl (C=O) groups is 1. The second kappa shape index (κ2) is 9.50. The van der Waals surface area contributed by atoms with E-state index in [1.807, 2.05) is 6.07 Å². The van der Waals surface area contributed by atoms with Crippen molar-refractivity contribution < 1.29 is 4.79 Å². The van der Waals surface area contributed by atoms with E-state index in [0.29, 0.717) is 6.42 Å². The molecule has 0 unspecified atom stereocenters. The van der Waals surface area contributed by atoms with Gasteiger partial charge in [0.2, 0.25) is 5.91 Å². The first-order chi connectivity index (χ1) is 18.0. The molecule has 1 saturated carbocycles. The number of amides is 1. The van der Waals surface area contributed by atoms with Crippen molar-refractivity contribution in [3.8, 4) is 0 Å². The molecule has 4 heteroatoms. The van der Waals surface area contributed by atoms with Crippen LogP contribution in [0.3, 0.4) is 0 Å². The Balaban J connectivity index is 1.38. The van der Waals surface area contributed by atoms with Gasteiger partial charge in [0.25, 0.3) is 0 Å². The van der Waals surface area contributed by atoms with Gasteiger partial charge in [-0.3, -0.25) is 9.69 Å². The Morgan fingerprint density at radius 2 is 1.51 bits per heavy atom. The molecule has 190 valence electrons. The molecule has 4 aromatic rings. The summed E-state index contributed by atoms with van der Waals surface area (Å²) in [6, 6.07) is 30.0.